The lowest BCUT2D eigenvalue weighted by Gasteiger charge is -2.37. The number of ether oxygens (including phenoxy) is 2. The van der Waals surface area contributed by atoms with Crippen molar-refractivity contribution in [2.24, 2.45) is 11.7 Å². The van der Waals surface area contributed by atoms with E-state index in [0.29, 0.717) is 13.2 Å². The smallest absolute Gasteiger partial charge is 0.326 e. The fourth-order valence-corrected chi connectivity index (χ4v) is 0.969. The Balaban J connectivity index is 2.56. The van der Waals surface area contributed by atoms with Crippen LogP contribution < -0.4 is 5.73 Å². The van der Waals surface area contributed by atoms with Gasteiger partial charge < -0.3 is 15.2 Å². The first kappa shape index (κ1) is 8.49. The topological polar surface area (TPSA) is 61.5 Å². The molecule has 1 aliphatic heterocycles. The van der Waals surface area contributed by atoms with E-state index in [2.05, 4.69) is 4.74 Å². The fourth-order valence-electron chi connectivity index (χ4n) is 0.969. The first-order valence-corrected chi connectivity index (χ1v) is 3.54. The van der Waals surface area contributed by atoms with Crippen molar-refractivity contribution >= 4 is 5.97 Å². The predicted octanol–water partition coefficient (Wildman–Crippen LogP) is -0.477. The van der Waals surface area contributed by atoms with Crippen LogP contribution in [0.4, 0.5) is 0 Å². The van der Waals surface area contributed by atoms with Gasteiger partial charge in [0.2, 0.25) is 0 Å². The minimum Gasteiger partial charge on any atom is -0.468 e. The Bertz CT molecular complexity index is 163. The van der Waals surface area contributed by atoms with Crippen LogP contribution in [0.2, 0.25) is 0 Å². The molecule has 1 rings (SSSR count). The van der Waals surface area contributed by atoms with E-state index in [9.17, 15) is 4.79 Å². The van der Waals surface area contributed by atoms with Crippen molar-refractivity contribution in [2.75, 3.05) is 20.3 Å². The summed E-state index contributed by atoms with van der Waals surface area (Å²) in [5.74, 6) is -0.263. The molecule has 0 amide bonds. The molecule has 0 spiro atoms. The molecule has 11 heavy (non-hydrogen) atoms. The molecule has 64 valence electrons. The summed E-state index contributed by atoms with van der Waals surface area (Å²) in [5, 5.41) is 0. The average Bonchev–Trinajstić information content (AvgIpc) is 1.81. The van der Waals surface area contributed by atoms with Crippen molar-refractivity contribution in [2.45, 2.75) is 12.5 Å². The number of esters is 1. The summed E-state index contributed by atoms with van der Waals surface area (Å²) in [7, 11) is 1.34. The lowest BCUT2D eigenvalue weighted by Crippen LogP contribution is -2.58. The van der Waals surface area contributed by atoms with Crippen LogP contribution in [0, 0.1) is 5.92 Å². The Morgan fingerprint density at radius 3 is 2.55 bits per heavy atom. The molecule has 0 saturated carbocycles. The SMILES string of the molecule is COC(=O)C(C)(N)C1COC1. The molecule has 0 aromatic heterocycles. The van der Waals surface area contributed by atoms with Gasteiger partial charge in [-0.2, -0.15) is 0 Å². The van der Waals surface area contributed by atoms with E-state index < -0.39 is 5.54 Å². The molecule has 4 heteroatoms. The van der Waals surface area contributed by atoms with Crippen LogP contribution in [0.1, 0.15) is 6.92 Å². The highest BCUT2D eigenvalue weighted by molar-refractivity contribution is 5.80. The van der Waals surface area contributed by atoms with Gasteiger partial charge in [0.25, 0.3) is 0 Å². The minimum atomic E-state index is -0.882. The highest BCUT2D eigenvalue weighted by Crippen LogP contribution is 2.23. The van der Waals surface area contributed by atoms with Gasteiger partial charge in [-0.15, -0.1) is 0 Å². The molecule has 0 radical (unpaired) electrons. The zero-order chi connectivity index (χ0) is 8.48. The number of hydrogen-bond donors (Lipinski definition) is 1. The standard InChI is InChI=1S/C7H13NO3/c1-7(8,6(9)10-2)5-3-11-4-5/h5H,3-4,8H2,1-2H3. The molecule has 1 heterocycles. The van der Waals surface area contributed by atoms with Gasteiger partial charge in [-0.1, -0.05) is 0 Å². The van der Waals surface area contributed by atoms with Gasteiger partial charge in [0, 0.05) is 5.92 Å². The number of nitrogens with two attached hydrogens (primary N) is 1. The lowest BCUT2D eigenvalue weighted by atomic mass is 9.85. The molecule has 0 aromatic carbocycles. The van der Waals surface area contributed by atoms with E-state index in [-0.39, 0.29) is 11.9 Å². The van der Waals surface area contributed by atoms with Crippen molar-refractivity contribution in [3.05, 3.63) is 0 Å². The third-order valence-corrected chi connectivity index (χ3v) is 2.11. The van der Waals surface area contributed by atoms with Crippen molar-refractivity contribution in [3.8, 4) is 0 Å². The Morgan fingerprint density at radius 1 is 1.73 bits per heavy atom. The van der Waals surface area contributed by atoms with E-state index in [1.165, 1.54) is 7.11 Å². The van der Waals surface area contributed by atoms with Crippen molar-refractivity contribution in [1.82, 2.24) is 0 Å². The lowest BCUT2D eigenvalue weighted by molar-refractivity contribution is -0.157. The summed E-state index contributed by atoms with van der Waals surface area (Å²) in [6.45, 7) is 2.79. The average molecular weight is 159 g/mol. The van der Waals surface area contributed by atoms with Crippen LogP contribution in [0.15, 0.2) is 0 Å². The molecule has 1 atom stereocenters. The predicted molar refractivity (Wildman–Crippen MR) is 38.9 cm³/mol. The number of carbonyl (C=O) groups excluding carboxylic acids is 1. The Kier molecular flexibility index (Phi) is 2.15. The molecule has 1 fully saturated rings. The number of hydrogen-bond acceptors (Lipinski definition) is 4. The largest absolute Gasteiger partial charge is 0.468 e. The minimum absolute atomic E-state index is 0.106. The van der Waals surface area contributed by atoms with E-state index in [1.807, 2.05) is 0 Å². The third kappa shape index (κ3) is 1.36. The normalized spacial score (nSPS) is 23.5. The van der Waals surface area contributed by atoms with Crippen molar-refractivity contribution in [3.63, 3.8) is 0 Å². The third-order valence-electron chi connectivity index (χ3n) is 2.11. The number of carbonyl (C=O) groups is 1. The number of methoxy groups -OCH3 is 1. The van der Waals surface area contributed by atoms with Crippen LogP contribution in [0.25, 0.3) is 0 Å². The van der Waals surface area contributed by atoms with Gasteiger partial charge in [-0.05, 0) is 6.92 Å². The summed E-state index contributed by atoms with van der Waals surface area (Å²) >= 11 is 0. The Morgan fingerprint density at radius 2 is 2.27 bits per heavy atom. The highest BCUT2D eigenvalue weighted by Gasteiger charge is 2.42. The molecular formula is C7H13NO3. The van der Waals surface area contributed by atoms with Gasteiger partial charge in [0.15, 0.2) is 0 Å². The van der Waals surface area contributed by atoms with Crippen LogP contribution >= 0.6 is 0 Å². The molecule has 0 bridgehead atoms. The van der Waals surface area contributed by atoms with Gasteiger partial charge in [-0.3, -0.25) is 4.79 Å². The molecule has 1 unspecified atom stereocenters. The second-order valence-corrected chi connectivity index (χ2v) is 3.01. The summed E-state index contributed by atoms with van der Waals surface area (Å²) in [6, 6.07) is 0. The molecule has 2 N–H and O–H groups in total. The van der Waals surface area contributed by atoms with Crippen LogP contribution in [-0.4, -0.2) is 31.8 Å². The maximum Gasteiger partial charge on any atom is 0.326 e. The summed E-state index contributed by atoms with van der Waals surface area (Å²) in [6.07, 6.45) is 0. The second-order valence-electron chi connectivity index (χ2n) is 3.01. The second kappa shape index (κ2) is 2.79. The van der Waals surface area contributed by atoms with E-state index >= 15 is 0 Å². The van der Waals surface area contributed by atoms with E-state index in [4.69, 9.17) is 10.5 Å². The van der Waals surface area contributed by atoms with Crippen molar-refractivity contribution in [1.29, 1.82) is 0 Å². The van der Waals surface area contributed by atoms with E-state index in [0.717, 1.165) is 0 Å². The van der Waals surface area contributed by atoms with Crippen LogP contribution in [0.5, 0.6) is 0 Å². The van der Waals surface area contributed by atoms with Gasteiger partial charge in [0.05, 0.1) is 20.3 Å². The number of rotatable bonds is 2. The first-order chi connectivity index (χ1) is 5.09. The molecule has 1 aliphatic rings. The van der Waals surface area contributed by atoms with Crippen LogP contribution in [-0.2, 0) is 14.3 Å². The van der Waals surface area contributed by atoms with Gasteiger partial charge in [0.1, 0.15) is 5.54 Å². The molecule has 0 aromatic rings. The Hall–Kier alpha value is -0.610. The maximum atomic E-state index is 11.1. The Labute approximate surface area is 65.7 Å². The van der Waals surface area contributed by atoms with Crippen LogP contribution in [0.3, 0.4) is 0 Å². The highest BCUT2D eigenvalue weighted by atomic mass is 16.5. The maximum absolute atomic E-state index is 11.1. The molecule has 1 saturated heterocycles. The zero-order valence-electron chi connectivity index (χ0n) is 6.79. The zero-order valence-corrected chi connectivity index (χ0v) is 6.79. The molecule has 4 nitrogen and oxygen atoms in total. The van der Waals surface area contributed by atoms with Gasteiger partial charge >= 0.3 is 5.97 Å². The quantitative estimate of drug-likeness (QED) is 0.553. The summed E-state index contributed by atoms with van der Waals surface area (Å²) in [5.41, 5.74) is 4.84. The summed E-state index contributed by atoms with van der Waals surface area (Å²) < 4.78 is 9.48. The van der Waals surface area contributed by atoms with Crippen molar-refractivity contribution < 1.29 is 14.3 Å². The van der Waals surface area contributed by atoms with Gasteiger partial charge in [-0.25, -0.2) is 0 Å². The summed E-state index contributed by atoms with van der Waals surface area (Å²) in [4.78, 5) is 11.1. The monoisotopic (exact) mass is 159 g/mol. The first-order valence-electron chi connectivity index (χ1n) is 3.54. The molecule has 0 aliphatic carbocycles. The molecular weight excluding hydrogens is 146 g/mol. The fraction of sp³-hybridized carbons (Fsp3) is 0.857. The van der Waals surface area contributed by atoms with E-state index in [1.54, 1.807) is 6.92 Å².